The van der Waals surface area contributed by atoms with E-state index < -0.39 is 74.6 Å². The van der Waals surface area contributed by atoms with Gasteiger partial charge in [-0.1, -0.05) is 0 Å². The number of aliphatic hydroxyl groups is 8. The van der Waals surface area contributed by atoms with E-state index >= 15 is 0 Å². The molecule has 11 heteroatoms. The van der Waals surface area contributed by atoms with Crippen LogP contribution in [0.5, 0.6) is 0 Å². The Bertz CT molecular complexity index is 378. The topological polar surface area (TPSA) is 190 Å². The first-order valence-corrected chi connectivity index (χ1v) is 7.08. The largest absolute Gasteiger partial charge is 0.394 e. The fraction of sp³-hybridized carbons (Fsp3) is 1.00. The first kappa shape index (κ1) is 18.9. The van der Waals surface area contributed by atoms with Crippen molar-refractivity contribution in [3.63, 3.8) is 0 Å². The van der Waals surface area contributed by atoms with E-state index in [-0.39, 0.29) is 0 Å². The summed E-state index contributed by atoms with van der Waals surface area (Å²) < 4.78 is 15.3. The smallest absolute Gasteiger partial charge is 0.187 e. The molecule has 0 spiro atoms. The Hall–Kier alpha value is -0.440. The second kappa shape index (κ2) is 7.63. The summed E-state index contributed by atoms with van der Waals surface area (Å²) in [6.45, 7) is -1.35. The van der Waals surface area contributed by atoms with Gasteiger partial charge in [0.2, 0.25) is 0 Å². The summed E-state index contributed by atoms with van der Waals surface area (Å²) in [6, 6.07) is 0. The number of rotatable bonds is 4. The molecule has 0 aromatic heterocycles. The van der Waals surface area contributed by atoms with Crippen molar-refractivity contribution in [3.05, 3.63) is 0 Å². The monoisotopic (exact) mass is 342 g/mol. The van der Waals surface area contributed by atoms with E-state index in [0.717, 1.165) is 0 Å². The second-order valence-electron chi connectivity index (χ2n) is 5.53. The van der Waals surface area contributed by atoms with Crippen LogP contribution in [0.25, 0.3) is 0 Å². The Balaban J connectivity index is 2.11. The fourth-order valence-corrected chi connectivity index (χ4v) is 2.57. The molecule has 0 bridgehead atoms. The van der Waals surface area contributed by atoms with Crippen LogP contribution in [0.4, 0.5) is 0 Å². The molecule has 0 aromatic carbocycles. The van der Waals surface area contributed by atoms with E-state index in [0.29, 0.717) is 0 Å². The van der Waals surface area contributed by atoms with Crippen LogP contribution in [0.1, 0.15) is 0 Å². The minimum absolute atomic E-state index is 0.667. The van der Waals surface area contributed by atoms with Gasteiger partial charge < -0.3 is 55.1 Å². The summed E-state index contributed by atoms with van der Waals surface area (Å²) in [4.78, 5) is 0. The molecule has 10 atom stereocenters. The van der Waals surface area contributed by atoms with Crippen LogP contribution in [0.15, 0.2) is 0 Å². The lowest BCUT2D eigenvalue weighted by atomic mass is 9.97. The van der Waals surface area contributed by atoms with Crippen molar-refractivity contribution in [2.45, 2.75) is 61.4 Å². The fourth-order valence-electron chi connectivity index (χ4n) is 2.57. The van der Waals surface area contributed by atoms with Crippen LogP contribution in [0.3, 0.4) is 0 Å². The summed E-state index contributed by atoms with van der Waals surface area (Å²) in [5.74, 6) is 0. The Kier molecular flexibility index (Phi) is 6.27. The third-order valence-corrected chi connectivity index (χ3v) is 3.98. The second-order valence-corrected chi connectivity index (χ2v) is 5.53. The predicted molar refractivity (Wildman–Crippen MR) is 68.6 cm³/mol. The molecule has 11 nitrogen and oxygen atoms in total. The van der Waals surface area contributed by atoms with Gasteiger partial charge in [0.25, 0.3) is 0 Å². The maximum Gasteiger partial charge on any atom is 0.187 e. The first-order valence-electron chi connectivity index (χ1n) is 7.08. The Morgan fingerprint density at radius 2 is 1.26 bits per heavy atom. The molecular formula is C12H22O11. The van der Waals surface area contributed by atoms with Crippen molar-refractivity contribution >= 4 is 0 Å². The summed E-state index contributed by atoms with van der Waals surface area (Å²) >= 11 is 0. The van der Waals surface area contributed by atoms with Crippen LogP contribution in [0, 0.1) is 0 Å². The molecule has 2 fully saturated rings. The lowest BCUT2D eigenvalue weighted by Crippen LogP contribution is -2.64. The van der Waals surface area contributed by atoms with Gasteiger partial charge >= 0.3 is 0 Å². The van der Waals surface area contributed by atoms with Gasteiger partial charge in [0.15, 0.2) is 12.6 Å². The number of aliphatic hydroxyl groups excluding tert-OH is 8. The maximum atomic E-state index is 9.94. The number of hydrogen-bond donors (Lipinski definition) is 8. The molecule has 0 saturated carbocycles. The SMILES string of the molecule is OC[C@H]1O[C@H](O[C@H]2[C@H](O)[C@H](O)[C@H](O)O[C@@H]2CO)[C@@H](O)[C@@H](O)[C@@H]1O. The van der Waals surface area contributed by atoms with Crippen molar-refractivity contribution in [1.29, 1.82) is 0 Å². The molecule has 0 unspecified atom stereocenters. The minimum atomic E-state index is -1.74. The average molecular weight is 342 g/mol. The number of hydrogen-bond acceptors (Lipinski definition) is 11. The molecule has 2 aliphatic rings. The van der Waals surface area contributed by atoms with Gasteiger partial charge in [-0.3, -0.25) is 0 Å². The van der Waals surface area contributed by atoms with Crippen molar-refractivity contribution in [3.8, 4) is 0 Å². The highest BCUT2D eigenvalue weighted by atomic mass is 16.7. The molecule has 2 saturated heterocycles. The molecule has 0 aliphatic carbocycles. The van der Waals surface area contributed by atoms with Crippen molar-refractivity contribution in [2.75, 3.05) is 13.2 Å². The highest BCUT2D eigenvalue weighted by Gasteiger charge is 2.50. The molecule has 2 rings (SSSR count). The maximum absolute atomic E-state index is 9.94. The third-order valence-electron chi connectivity index (χ3n) is 3.98. The molecule has 8 N–H and O–H groups in total. The van der Waals surface area contributed by atoms with Crippen LogP contribution < -0.4 is 0 Å². The molecule has 0 aromatic rings. The molecule has 0 amide bonds. The van der Waals surface area contributed by atoms with Crippen molar-refractivity contribution < 1.29 is 55.1 Å². The van der Waals surface area contributed by atoms with E-state index in [2.05, 4.69) is 0 Å². The van der Waals surface area contributed by atoms with E-state index in [9.17, 15) is 35.7 Å². The van der Waals surface area contributed by atoms with Crippen LogP contribution in [-0.4, -0.2) is 115 Å². The van der Waals surface area contributed by atoms with E-state index in [1.54, 1.807) is 0 Å². The predicted octanol–water partition coefficient (Wildman–Crippen LogP) is -5.40. The number of ether oxygens (including phenoxy) is 3. The van der Waals surface area contributed by atoms with Gasteiger partial charge in [-0.15, -0.1) is 0 Å². The molecular weight excluding hydrogens is 320 g/mol. The van der Waals surface area contributed by atoms with E-state index in [1.807, 2.05) is 0 Å². The zero-order chi connectivity index (χ0) is 17.3. The normalized spacial score (nSPS) is 51.7. The minimum Gasteiger partial charge on any atom is -0.394 e. The Morgan fingerprint density at radius 1 is 0.652 bits per heavy atom. The average Bonchev–Trinajstić information content (AvgIpc) is 2.55. The summed E-state index contributed by atoms with van der Waals surface area (Å²) in [5.41, 5.74) is 0. The van der Waals surface area contributed by atoms with Crippen LogP contribution in [-0.2, 0) is 14.2 Å². The Morgan fingerprint density at radius 3 is 1.83 bits per heavy atom. The zero-order valence-electron chi connectivity index (χ0n) is 12.0. The van der Waals surface area contributed by atoms with Gasteiger partial charge in [-0.25, -0.2) is 0 Å². The van der Waals surface area contributed by atoms with Crippen LogP contribution in [0.2, 0.25) is 0 Å². The summed E-state index contributed by atoms with van der Waals surface area (Å²) in [6.07, 6.45) is -15.6. The highest BCUT2D eigenvalue weighted by molar-refractivity contribution is 4.93. The van der Waals surface area contributed by atoms with Gasteiger partial charge in [0, 0.05) is 0 Å². The lowest BCUT2D eigenvalue weighted by Gasteiger charge is -2.45. The lowest BCUT2D eigenvalue weighted by molar-refractivity contribution is -0.355. The Labute approximate surface area is 130 Å². The summed E-state index contributed by atoms with van der Waals surface area (Å²) in [7, 11) is 0. The van der Waals surface area contributed by atoms with Gasteiger partial charge in [0.05, 0.1) is 13.2 Å². The first-order chi connectivity index (χ1) is 10.8. The third kappa shape index (κ3) is 3.65. The molecule has 0 radical (unpaired) electrons. The van der Waals surface area contributed by atoms with Crippen molar-refractivity contribution in [1.82, 2.24) is 0 Å². The quantitative estimate of drug-likeness (QED) is 0.243. The van der Waals surface area contributed by atoms with E-state index in [1.165, 1.54) is 0 Å². The van der Waals surface area contributed by atoms with Gasteiger partial charge in [-0.2, -0.15) is 0 Å². The van der Waals surface area contributed by atoms with Crippen molar-refractivity contribution in [2.24, 2.45) is 0 Å². The van der Waals surface area contributed by atoms with E-state index in [4.69, 9.17) is 19.3 Å². The van der Waals surface area contributed by atoms with Crippen LogP contribution >= 0.6 is 0 Å². The standard InChI is InChI=1S/C12H22O11/c13-1-3-5(15)6(16)9(19)12(22-3)23-10-4(2-14)21-11(20)8(18)7(10)17/h3-20H,1-2H2/t3-,4-,5-,6+,7-,8+,9+,10-,11-,12-/m1/s1. The zero-order valence-corrected chi connectivity index (χ0v) is 12.0. The molecule has 23 heavy (non-hydrogen) atoms. The molecule has 2 aliphatic heterocycles. The van der Waals surface area contributed by atoms with Gasteiger partial charge in [0.1, 0.15) is 48.8 Å². The highest BCUT2D eigenvalue weighted by Crippen LogP contribution is 2.28. The molecule has 136 valence electrons. The summed E-state index contributed by atoms with van der Waals surface area (Å²) in [5, 5.41) is 76.5. The molecule has 2 heterocycles. The van der Waals surface area contributed by atoms with Gasteiger partial charge in [-0.05, 0) is 0 Å².